The zero-order valence-electron chi connectivity index (χ0n) is 15.8. The van der Waals surface area contributed by atoms with E-state index in [4.69, 9.17) is 4.84 Å². The van der Waals surface area contributed by atoms with Gasteiger partial charge in [0.25, 0.3) is 17.7 Å². The number of amides is 3. The molecule has 2 heterocycles. The molecule has 154 valence electrons. The van der Waals surface area contributed by atoms with Crippen molar-refractivity contribution in [2.75, 3.05) is 17.2 Å². The van der Waals surface area contributed by atoms with Crippen LogP contribution in [0.5, 0.6) is 0 Å². The highest BCUT2D eigenvalue weighted by atomic mass is 32.1. The predicted octanol–water partition coefficient (Wildman–Crippen LogP) is 3.47. The third-order valence-corrected chi connectivity index (χ3v) is 4.65. The van der Waals surface area contributed by atoms with E-state index in [1.807, 2.05) is 0 Å². The summed E-state index contributed by atoms with van der Waals surface area (Å²) in [4.78, 5) is 45.8. The molecule has 2 aromatic heterocycles. The van der Waals surface area contributed by atoms with Gasteiger partial charge >= 0.3 is 0 Å². The molecule has 0 atom stereocenters. The molecule has 10 heteroatoms. The van der Waals surface area contributed by atoms with Gasteiger partial charge in [-0.2, -0.15) is 0 Å². The quantitative estimate of drug-likeness (QED) is 0.499. The third kappa shape index (κ3) is 5.25. The lowest BCUT2D eigenvalue weighted by atomic mass is 10.2. The molecule has 0 bridgehead atoms. The van der Waals surface area contributed by atoms with Crippen LogP contribution < -0.4 is 16.1 Å². The Hall–Kier alpha value is -3.63. The van der Waals surface area contributed by atoms with E-state index in [2.05, 4.69) is 21.1 Å². The summed E-state index contributed by atoms with van der Waals surface area (Å²) in [6, 6.07) is 9.45. The van der Waals surface area contributed by atoms with Crippen LogP contribution in [0.1, 0.15) is 38.0 Å². The van der Waals surface area contributed by atoms with Crippen LogP contribution in [0.2, 0.25) is 0 Å². The summed E-state index contributed by atoms with van der Waals surface area (Å²) in [5.74, 6) is -1.75. The van der Waals surface area contributed by atoms with Crippen LogP contribution in [0.15, 0.2) is 54.0 Å². The number of nitrogens with one attached hydrogen (secondary N) is 3. The largest absolute Gasteiger partial charge is 0.313 e. The fourth-order valence-electron chi connectivity index (χ4n) is 2.38. The van der Waals surface area contributed by atoms with Gasteiger partial charge in [0, 0.05) is 17.3 Å². The minimum Gasteiger partial charge on any atom is -0.313 e. The molecule has 1 aromatic carbocycles. The Kier molecular flexibility index (Phi) is 6.83. The number of carbonyl (C=O) groups excluding carboxylic acids is 3. The van der Waals surface area contributed by atoms with Gasteiger partial charge in [-0.3, -0.25) is 19.2 Å². The van der Waals surface area contributed by atoms with E-state index in [0.29, 0.717) is 11.6 Å². The Balaban J connectivity index is 1.69. The molecule has 0 spiro atoms. The molecule has 3 rings (SSSR count). The van der Waals surface area contributed by atoms with Gasteiger partial charge in [0.05, 0.1) is 12.2 Å². The smallest absolute Gasteiger partial charge is 0.277 e. The predicted molar refractivity (Wildman–Crippen MR) is 110 cm³/mol. The van der Waals surface area contributed by atoms with Crippen LogP contribution in [0, 0.1) is 5.82 Å². The zero-order valence-corrected chi connectivity index (χ0v) is 16.6. The summed E-state index contributed by atoms with van der Waals surface area (Å²) in [5, 5.41) is 7.23. The molecule has 0 fully saturated rings. The maximum Gasteiger partial charge on any atom is 0.277 e. The molecule has 30 heavy (non-hydrogen) atoms. The number of nitrogens with zero attached hydrogens (tertiary/aromatic N) is 1. The minimum absolute atomic E-state index is 0.150. The molecule has 3 amide bonds. The van der Waals surface area contributed by atoms with Crippen LogP contribution >= 0.6 is 11.3 Å². The van der Waals surface area contributed by atoms with Crippen LogP contribution in [-0.4, -0.2) is 29.3 Å². The van der Waals surface area contributed by atoms with Gasteiger partial charge in [-0.1, -0.05) is 0 Å². The summed E-state index contributed by atoms with van der Waals surface area (Å²) in [6.07, 6.45) is 1.37. The molecule has 3 N–H and O–H groups in total. The van der Waals surface area contributed by atoms with Crippen molar-refractivity contribution in [1.82, 2.24) is 10.5 Å². The van der Waals surface area contributed by atoms with Gasteiger partial charge < -0.3 is 10.6 Å². The van der Waals surface area contributed by atoms with Gasteiger partial charge in [0.15, 0.2) is 0 Å². The maximum absolute atomic E-state index is 13.0. The summed E-state index contributed by atoms with van der Waals surface area (Å²) < 4.78 is 13.0. The van der Waals surface area contributed by atoms with Crippen LogP contribution in [-0.2, 0) is 4.84 Å². The number of rotatable bonds is 7. The van der Waals surface area contributed by atoms with Gasteiger partial charge in [0.1, 0.15) is 16.6 Å². The van der Waals surface area contributed by atoms with E-state index in [0.717, 1.165) is 0 Å². The van der Waals surface area contributed by atoms with Gasteiger partial charge in [0.2, 0.25) is 0 Å². The first-order valence-electron chi connectivity index (χ1n) is 8.82. The number of benzene rings is 1. The van der Waals surface area contributed by atoms with Gasteiger partial charge in [-0.05, 0) is 54.8 Å². The topological polar surface area (TPSA) is 109 Å². The lowest BCUT2D eigenvalue weighted by Gasteiger charge is -2.09. The Morgan fingerprint density at radius 1 is 1.00 bits per heavy atom. The van der Waals surface area contributed by atoms with Crippen molar-refractivity contribution < 1.29 is 23.6 Å². The van der Waals surface area contributed by atoms with E-state index in [1.165, 1.54) is 53.9 Å². The SMILES string of the molecule is CCONC(=O)c1ccsc1NC(=O)c1ccnc(NC(=O)c2ccc(F)cc2)c1. The highest BCUT2D eigenvalue weighted by Gasteiger charge is 2.17. The monoisotopic (exact) mass is 428 g/mol. The lowest BCUT2D eigenvalue weighted by Crippen LogP contribution is -2.24. The van der Waals surface area contributed by atoms with E-state index >= 15 is 0 Å². The summed E-state index contributed by atoms with van der Waals surface area (Å²) >= 11 is 1.18. The van der Waals surface area contributed by atoms with Crippen LogP contribution in [0.4, 0.5) is 15.2 Å². The second-order valence-electron chi connectivity index (χ2n) is 5.87. The molecular formula is C20H17FN4O4S. The molecule has 0 aliphatic rings. The first-order valence-corrected chi connectivity index (χ1v) is 9.70. The normalized spacial score (nSPS) is 10.3. The van der Waals surface area contributed by atoms with E-state index < -0.39 is 23.5 Å². The average Bonchev–Trinajstić information content (AvgIpc) is 3.20. The number of anilines is 2. The molecule has 8 nitrogen and oxygen atoms in total. The third-order valence-electron chi connectivity index (χ3n) is 3.82. The van der Waals surface area contributed by atoms with Crippen molar-refractivity contribution in [3.63, 3.8) is 0 Å². The van der Waals surface area contributed by atoms with Crippen molar-refractivity contribution in [2.24, 2.45) is 0 Å². The standard InChI is InChI=1S/C20H17FN4O4S/c1-2-29-25-19(28)15-8-10-30-20(15)24-18(27)13-7-9-22-16(11-13)23-17(26)12-3-5-14(21)6-4-12/h3-11H,2H2,1H3,(H,24,27)(H,25,28)(H,22,23,26). The molecule has 0 saturated carbocycles. The number of hydroxylamine groups is 1. The molecule has 0 saturated heterocycles. The lowest BCUT2D eigenvalue weighted by molar-refractivity contribution is 0.0365. The summed E-state index contributed by atoms with van der Waals surface area (Å²) in [7, 11) is 0. The summed E-state index contributed by atoms with van der Waals surface area (Å²) in [5.41, 5.74) is 3.01. The Morgan fingerprint density at radius 3 is 2.47 bits per heavy atom. The highest BCUT2D eigenvalue weighted by molar-refractivity contribution is 7.14. The van der Waals surface area contributed by atoms with Crippen molar-refractivity contribution >= 4 is 39.9 Å². The fraction of sp³-hybridized carbons (Fsp3) is 0.100. The summed E-state index contributed by atoms with van der Waals surface area (Å²) in [6.45, 7) is 2.04. The zero-order chi connectivity index (χ0) is 21.5. The second kappa shape index (κ2) is 9.72. The molecule has 3 aromatic rings. The first kappa shape index (κ1) is 21.1. The van der Waals surface area contributed by atoms with Crippen molar-refractivity contribution in [2.45, 2.75) is 6.92 Å². The van der Waals surface area contributed by atoms with Gasteiger partial charge in [-0.25, -0.2) is 14.9 Å². The number of halogens is 1. The van der Waals surface area contributed by atoms with E-state index in [9.17, 15) is 18.8 Å². The number of pyridine rings is 1. The molecule has 0 aliphatic heterocycles. The molecule has 0 unspecified atom stereocenters. The molecule has 0 aliphatic carbocycles. The molecule has 0 radical (unpaired) electrons. The van der Waals surface area contributed by atoms with E-state index in [-0.39, 0.29) is 22.5 Å². The number of aromatic nitrogens is 1. The van der Waals surface area contributed by atoms with Crippen molar-refractivity contribution in [1.29, 1.82) is 0 Å². The Labute approximate surface area is 175 Å². The number of carbonyl (C=O) groups is 3. The Bertz CT molecular complexity index is 1070. The van der Waals surface area contributed by atoms with E-state index in [1.54, 1.807) is 18.4 Å². The molecular weight excluding hydrogens is 411 g/mol. The van der Waals surface area contributed by atoms with Gasteiger partial charge in [-0.15, -0.1) is 11.3 Å². The highest BCUT2D eigenvalue weighted by Crippen LogP contribution is 2.24. The number of hydrogen-bond donors (Lipinski definition) is 3. The van der Waals surface area contributed by atoms with Crippen LogP contribution in [0.25, 0.3) is 0 Å². The van der Waals surface area contributed by atoms with Crippen molar-refractivity contribution in [3.05, 3.63) is 76.5 Å². The average molecular weight is 428 g/mol. The maximum atomic E-state index is 13.0. The second-order valence-corrected chi connectivity index (χ2v) is 6.79. The fourth-order valence-corrected chi connectivity index (χ4v) is 3.16. The first-order chi connectivity index (χ1) is 14.5. The number of hydrogen-bond acceptors (Lipinski definition) is 6. The van der Waals surface area contributed by atoms with Crippen LogP contribution in [0.3, 0.4) is 0 Å². The van der Waals surface area contributed by atoms with Crippen molar-refractivity contribution in [3.8, 4) is 0 Å². The minimum atomic E-state index is -0.492. The number of thiophene rings is 1. The Morgan fingerprint density at radius 2 is 1.73 bits per heavy atom.